The molecule has 0 fully saturated rings. The lowest BCUT2D eigenvalue weighted by Gasteiger charge is -2.03. The van der Waals surface area contributed by atoms with Gasteiger partial charge in [-0.2, -0.15) is 4.98 Å². The molecule has 0 saturated heterocycles. The van der Waals surface area contributed by atoms with E-state index in [1.807, 2.05) is 6.92 Å². The molecule has 0 aliphatic rings. The minimum Gasteiger partial charge on any atom is -0.421 e. The van der Waals surface area contributed by atoms with Gasteiger partial charge in [-0.15, -0.1) is 0 Å². The van der Waals surface area contributed by atoms with E-state index in [-0.39, 0.29) is 6.01 Å². The molecule has 1 rings (SSSR count). The van der Waals surface area contributed by atoms with Crippen molar-refractivity contribution in [3.63, 3.8) is 0 Å². The minimum absolute atomic E-state index is 0.164. The molecule has 4 nitrogen and oxygen atoms in total. The van der Waals surface area contributed by atoms with E-state index in [0.29, 0.717) is 10.7 Å². The molecule has 0 aliphatic heterocycles. The third-order valence-electron chi connectivity index (χ3n) is 1.84. The highest BCUT2D eigenvalue weighted by atomic mass is 32.1. The van der Waals surface area contributed by atoms with Crippen LogP contribution in [0.4, 0.5) is 6.01 Å². The summed E-state index contributed by atoms with van der Waals surface area (Å²) < 4.78 is 5.17. The molecule has 0 aromatic carbocycles. The van der Waals surface area contributed by atoms with Gasteiger partial charge < -0.3 is 15.5 Å². The average molecular weight is 213 g/mol. The Balaban J connectivity index is 2.56. The lowest BCUT2D eigenvalue weighted by Crippen LogP contribution is -2.23. The molecule has 0 bridgehead atoms. The Hall–Kier alpha value is -1.10. The van der Waals surface area contributed by atoms with Gasteiger partial charge in [-0.05, 0) is 13.3 Å². The van der Waals surface area contributed by atoms with Crippen LogP contribution in [0.25, 0.3) is 0 Å². The van der Waals surface area contributed by atoms with Gasteiger partial charge in [-0.3, -0.25) is 0 Å². The molecule has 78 valence electrons. The maximum absolute atomic E-state index is 5.41. The monoisotopic (exact) mass is 213 g/mol. The Morgan fingerprint density at radius 3 is 2.86 bits per heavy atom. The quantitative estimate of drug-likeness (QED) is 0.588. The summed E-state index contributed by atoms with van der Waals surface area (Å²) in [5, 5.41) is 3.10. The Morgan fingerprint density at radius 1 is 1.64 bits per heavy atom. The predicted octanol–water partition coefficient (Wildman–Crippen LogP) is 1.63. The standard InChI is InChI=1S/C9H15N3OS/c1-3-4-5-11-8(14)7-6(2)12-9(10)13-7/h3-5H2,1-2H3,(H2,10,12)(H,11,14). The van der Waals surface area contributed by atoms with E-state index < -0.39 is 0 Å². The van der Waals surface area contributed by atoms with Crippen LogP contribution in [-0.2, 0) is 0 Å². The van der Waals surface area contributed by atoms with Gasteiger partial charge in [-0.25, -0.2) is 0 Å². The van der Waals surface area contributed by atoms with Crippen LogP contribution in [0, 0.1) is 6.92 Å². The van der Waals surface area contributed by atoms with E-state index in [2.05, 4.69) is 17.2 Å². The number of aryl methyl sites for hydroxylation is 1. The SMILES string of the molecule is CCCCNC(=S)c1oc(N)nc1C. The van der Waals surface area contributed by atoms with Gasteiger partial charge in [0.1, 0.15) is 4.99 Å². The first-order valence-corrected chi connectivity index (χ1v) is 5.07. The summed E-state index contributed by atoms with van der Waals surface area (Å²) in [6.45, 7) is 4.81. The van der Waals surface area contributed by atoms with Crippen LogP contribution in [0.2, 0.25) is 0 Å². The van der Waals surface area contributed by atoms with E-state index >= 15 is 0 Å². The molecule has 3 N–H and O–H groups in total. The third-order valence-corrected chi connectivity index (χ3v) is 2.16. The van der Waals surface area contributed by atoms with Crippen LogP contribution in [0.15, 0.2) is 4.42 Å². The maximum atomic E-state index is 5.41. The second kappa shape index (κ2) is 4.95. The number of rotatable bonds is 4. The fraction of sp³-hybridized carbons (Fsp3) is 0.556. The van der Waals surface area contributed by atoms with Crippen molar-refractivity contribution in [1.82, 2.24) is 10.3 Å². The van der Waals surface area contributed by atoms with Crippen LogP contribution >= 0.6 is 12.2 Å². The van der Waals surface area contributed by atoms with Crippen molar-refractivity contribution in [2.24, 2.45) is 0 Å². The number of nitrogens with two attached hydrogens (primary N) is 1. The van der Waals surface area contributed by atoms with Gasteiger partial charge in [-0.1, -0.05) is 25.6 Å². The third kappa shape index (κ3) is 2.70. The minimum atomic E-state index is 0.164. The van der Waals surface area contributed by atoms with Crippen molar-refractivity contribution < 1.29 is 4.42 Å². The van der Waals surface area contributed by atoms with Gasteiger partial charge in [0, 0.05) is 6.54 Å². The number of nitrogens with zero attached hydrogens (tertiary/aromatic N) is 1. The highest BCUT2D eigenvalue weighted by molar-refractivity contribution is 7.80. The number of aromatic nitrogens is 1. The first-order valence-electron chi connectivity index (χ1n) is 4.66. The van der Waals surface area contributed by atoms with E-state index in [1.54, 1.807) is 0 Å². The van der Waals surface area contributed by atoms with Gasteiger partial charge in [0.2, 0.25) is 0 Å². The van der Waals surface area contributed by atoms with Crippen LogP contribution in [-0.4, -0.2) is 16.5 Å². The fourth-order valence-electron chi connectivity index (χ4n) is 1.09. The summed E-state index contributed by atoms with van der Waals surface area (Å²) in [6.07, 6.45) is 2.22. The number of thiocarbonyl (C=S) groups is 1. The van der Waals surface area contributed by atoms with Crippen molar-refractivity contribution >= 4 is 23.2 Å². The van der Waals surface area contributed by atoms with Crippen LogP contribution in [0.5, 0.6) is 0 Å². The van der Waals surface area contributed by atoms with Crippen LogP contribution in [0.3, 0.4) is 0 Å². The number of hydrogen-bond donors (Lipinski definition) is 2. The average Bonchev–Trinajstić information content (AvgIpc) is 2.45. The maximum Gasteiger partial charge on any atom is 0.292 e. The summed E-state index contributed by atoms with van der Waals surface area (Å²) in [6, 6.07) is 0.164. The Kier molecular flexibility index (Phi) is 3.88. The molecule has 0 saturated carbocycles. The number of nitrogens with one attached hydrogen (secondary N) is 1. The molecule has 1 heterocycles. The van der Waals surface area contributed by atoms with E-state index in [4.69, 9.17) is 22.4 Å². The Labute approximate surface area is 88.9 Å². The summed E-state index contributed by atoms with van der Waals surface area (Å²) in [5.41, 5.74) is 6.14. The first-order chi connectivity index (χ1) is 6.65. The lowest BCUT2D eigenvalue weighted by molar-refractivity contribution is 0.566. The summed E-state index contributed by atoms with van der Waals surface area (Å²) >= 11 is 5.13. The highest BCUT2D eigenvalue weighted by Crippen LogP contribution is 2.11. The van der Waals surface area contributed by atoms with Gasteiger partial charge in [0.25, 0.3) is 6.01 Å². The zero-order chi connectivity index (χ0) is 10.6. The van der Waals surface area contributed by atoms with Crippen molar-refractivity contribution in [2.75, 3.05) is 12.3 Å². The number of oxazole rings is 1. The van der Waals surface area contributed by atoms with E-state index in [9.17, 15) is 0 Å². The second-order valence-corrected chi connectivity index (χ2v) is 3.48. The molecule has 0 spiro atoms. The van der Waals surface area contributed by atoms with E-state index in [1.165, 1.54) is 0 Å². The summed E-state index contributed by atoms with van der Waals surface area (Å²) in [4.78, 5) is 4.53. The Bertz CT molecular complexity index is 322. The van der Waals surface area contributed by atoms with Gasteiger partial charge in [0.15, 0.2) is 5.76 Å². The molecule has 14 heavy (non-hydrogen) atoms. The second-order valence-electron chi connectivity index (χ2n) is 3.08. The topological polar surface area (TPSA) is 64.1 Å². The summed E-state index contributed by atoms with van der Waals surface area (Å²) in [7, 11) is 0. The molecule has 5 heteroatoms. The number of anilines is 1. The molecule has 0 aliphatic carbocycles. The van der Waals surface area contributed by atoms with Crippen molar-refractivity contribution in [3.8, 4) is 0 Å². The number of unbranched alkanes of at least 4 members (excludes halogenated alkanes) is 1. The fourth-order valence-corrected chi connectivity index (χ4v) is 1.38. The predicted molar refractivity (Wildman–Crippen MR) is 60.3 cm³/mol. The van der Waals surface area contributed by atoms with Crippen LogP contribution < -0.4 is 11.1 Å². The molecule has 1 aromatic heterocycles. The Morgan fingerprint density at radius 2 is 2.36 bits per heavy atom. The first kappa shape index (κ1) is 11.0. The molecule has 0 amide bonds. The largest absolute Gasteiger partial charge is 0.421 e. The summed E-state index contributed by atoms with van der Waals surface area (Å²) in [5.74, 6) is 0.577. The molecular weight excluding hydrogens is 198 g/mol. The lowest BCUT2D eigenvalue weighted by atomic mass is 10.3. The smallest absolute Gasteiger partial charge is 0.292 e. The number of nitrogen functional groups attached to an aromatic ring is 1. The van der Waals surface area contributed by atoms with Crippen molar-refractivity contribution in [3.05, 3.63) is 11.5 Å². The molecule has 1 aromatic rings. The van der Waals surface area contributed by atoms with E-state index in [0.717, 1.165) is 25.1 Å². The zero-order valence-corrected chi connectivity index (χ0v) is 9.28. The van der Waals surface area contributed by atoms with Gasteiger partial charge in [0.05, 0.1) is 5.69 Å². The molecular formula is C9H15N3OS. The number of hydrogen-bond acceptors (Lipinski definition) is 4. The highest BCUT2D eigenvalue weighted by Gasteiger charge is 2.11. The molecule has 0 atom stereocenters. The van der Waals surface area contributed by atoms with Crippen molar-refractivity contribution in [1.29, 1.82) is 0 Å². The van der Waals surface area contributed by atoms with Crippen molar-refractivity contribution in [2.45, 2.75) is 26.7 Å². The zero-order valence-electron chi connectivity index (χ0n) is 8.46. The molecule has 0 radical (unpaired) electrons. The normalized spacial score (nSPS) is 10.1. The van der Waals surface area contributed by atoms with Crippen LogP contribution in [0.1, 0.15) is 31.2 Å². The van der Waals surface area contributed by atoms with Gasteiger partial charge >= 0.3 is 0 Å². The molecule has 0 unspecified atom stereocenters.